The molecule has 50 heavy (non-hydrogen) atoms. The van der Waals surface area contributed by atoms with Gasteiger partial charge in [0, 0.05) is 54.6 Å². The molecule has 0 aliphatic carbocycles. The number of ether oxygens (including phenoxy) is 2. The second-order valence-electron chi connectivity index (χ2n) is 12.4. The summed E-state index contributed by atoms with van der Waals surface area (Å²) in [4.78, 5) is 35.5. The SMILES string of the molecule is CC(=O)Nc1ccc(SC[C@@H]2C[C@H](c3ccc(CO)cc3)O[C@H](c3cccc(-c4cccc(CNC(=O)CCCCCC(=O)O)c4)c3)O2)cc1. The highest BCUT2D eigenvalue weighted by atomic mass is 32.2. The summed E-state index contributed by atoms with van der Waals surface area (Å²) < 4.78 is 13.2. The smallest absolute Gasteiger partial charge is 0.303 e. The fourth-order valence-corrected chi connectivity index (χ4v) is 6.72. The Morgan fingerprint density at radius 2 is 1.52 bits per heavy atom. The van der Waals surface area contributed by atoms with Crippen LogP contribution in [-0.2, 0) is 37.0 Å². The maximum absolute atomic E-state index is 12.4. The third kappa shape index (κ3) is 11.3. The van der Waals surface area contributed by atoms with E-state index in [9.17, 15) is 19.5 Å². The van der Waals surface area contributed by atoms with E-state index in [-0.39, 0.29) is 37.0 Å². The van der Waals surface area contributed by atoms with Gasteiger partial charge >= 0.3 is 5.97 Å². The quantitative estimate of drug-likeness (QED) is 0.0689. The summed E-state index contributed by atoms with van der Waals surface area (Å²) in [5.41, 5.74) is 6.51. The molecule has 0 saturated carbocycles. The fraction of sp³-hybridized carbons (Fsp3) is 0.325. The molecule has 4 aromatic rings. The van der Waals surface area contributed by atoms with E-state index >= 15 is 0 Å². The number of nitrogens with one attached hydrogen (secondary N) is 2. The van der Waals surface area contributed by atoms with E-state index in [1.807, 2.05) is 84.9 Å². The van der Waals surface area contributed by atoms with Gasteiger partial charge in [0.25, 0.3) is 0 Å². The summed E-state index contributed by atoms with van der Waals surface area (Å²) in [5, 5.41) is 24.1. The van der Waals surface area contributed by atoms with Gasteiger partial charge in [-0.3, -0.25) is 14.4 Å². The van der Waals surface area contributed by atoms with Crippen LogP contribution in [0.25, 0.3) is 11.1 Å². The zero-order chi connectivity index (χ0) is 35.3. The van der Waals surface area contributed by atoms with Crippen LogP contribution in [0, 0.1) is 0 Å². The van der Waals surface area contributed by atoms with Crippen molar-refractivity contribution in [3.05, 3.63) is 119 Å². The monoisotopic (exact) mass is 696 g/mol. The number of carbonyl (C=O) groups is 3. The average molecular weight is 697 g/mol. The second kappa shape index (κ2) is 18.5. The molecule has 10 heteroatoms. The molecular weight excluding hydrogens is 653 g/mol. The number of aliphatic carboxylic acids is 1. The van der Waals surface area contributed by atoms with Gasteiger partial charge < -0.3 is 30.3 Å². The molecule has 0 unspecified atom stereocenters. The Hall–Kier alpha value is -4.48. The molecule has 3 atom stereocenters. The van der Waals surface area contributed by atoms with E-state index < -0.39 is 12.3 Å². The Labute approximate surface area is 297 Å². The number of hydrogen-bond donors (Lipinski definition) is 4. The lowest BCUT2D eigenvalue weighted by Gasteiger charge is -2.36. The molecule has 0 aromatic heterocycles. The fourth-order valence-electron chi connectivity index (χ4n) is 5.80. The molecule has 5 rings (SSSR count). The Bertz CT molecular complexity index is 1730. The zero-order valence-corrected chi connectivity index (χ0v) is 29.0. The van der Waals surface area contributed by atoms with Gasteiger partial charge in [0.05, 0.1) is 18.8 Å². The Balaban J connectivity index is 1.26. The van der Waals surface area contributed by atoms with Gasteiger partial charge in [-0.2, -0.15) is 0 Å². The van der Waals surface area contributed by atoms with E-state index in [0.717, 1.165) is 44.0 Å². The van der Waals surface area contributed by atoms with Crippen LogP contribution >= 0.6 is 11.8 Å². The summed E-state index contributed by atoms with van der Waals surface area (Å²) in [5.74, 6) is -0.254. The first-order chi connectivity index (χ1) is 24.2. The van der Waals surface area contributed by atoms with Crippen molar-refractivity contribution in [1.29, 1.82) is 0 Å². The highest BCUT2D eigenvalue weighted by Gasteiger charge is 2.32. The lowest BCUT2D eigenvalue weighted by atomic mass is 9.99. The largest absolute Gasteiger partial charge is 0.481 e. The number of anilines is 1. The molecule has 0 radical (unpaired) electrons. The summed E-state index contributed by atoms with van der Waals surface area (Å²) in [7, 11) is 0. The Morgan fingerprint density at radius 1 is 0.800 bits per heavy atom. The number of unbranched alkanes of at least 4 members (excludes halogenated alkanes) is 2. The molecule has 1 fully saturated rings. The third-order valence-corrected chi connectivity index (χ3v) is 9.57. The summed E-state index contributed by atoms with van der Waals surface area (Å²) in [6.45, 7) is 1.88. The van der Waals surface area contributed by atoms with Crippen LogP contribution in [0.2, 0.25) is 0 Å². The van der Waals surface area contributed by atoms with E-state index in [1.54, 1.807) is 11.8 Å². The van der Waals surface area contributed by atoms with Gasteiger partial charge in [-0.15, -0.1) is 11.8 Å². The molecule has 0 spiro atoms. The topological polar surface area (TPSA) is 134 Å². The molecule has 1 aliphatic rings. The van der Waals surface area contributed by atoms with Crippen molar-refractivity contribution < 1.29 is 34.1 Å². The lowest BCUT2D eigenvalue weighted by molar-refractivity contribution is -0.245. The van der Waals surface area contributed by atoms with Crippen molar-refractivity contribution in [1.82, 2.24) is 5.32 Å². The molecule has 4 N–H and O–H groups in total. The van der Waals surface area contributed by atoms with Crippen LogP contribution in [0.15, 0.2) is 102 Å². The van der Waals surface area contributed by atoms with Crippen LogP contribution in [0.3, 0.4) is 0 Å². The molecule has 9 nitrogen and oxygen atoms in total. The van der Waals surface area contributed by atoms with Crippen molar-refractivity contribution in [2.24, 2.45) is 0 Å². The van der Waals surface area contributed by atoms with Crippen LogP contribution in [-0.4, -0.2) is 39.9 Å². The van der Waals surface area contributed by atoms with Crippen molar-refractivity contribution in [2.45, 2.75) is 82.0 Å². The zero-order valence-electron chi connectivity index (χ0n) is 28.2. The Morgan fingerprint density at radius 3 is 2.24 bits per heavy atom. The van der Waals surface area contributed by atoms with E-state index in [4.69, 9.17) is 14.6 Å². The van der Waals surface area contributed by atoms with E-state index in [2.05, 4.69) is 22.8 Å². The van der Waals surface area contributed by atoms with Crippen molar-refractivity contribution in [2.75, 3.05) is 11.1 Å². The van der Waals surface area contributed by atoms with Gasteiger partial charge in [-0.05, 0) is 77.1 Å². The number of carboxylic acids is 1. The molecule has 1 aliphatic heterocycles. The van der Waals surface area contributed by atoms with Gasteiger partial charge in [-0.1, -0.05) is 67.1 Å². The molecule has 2 amide bonds. The number of rotatable bonds is 16. The van der Waals surface area contributed by atoms with Gasteiger partial charge in [0.2, 0.25) is 11.8 Å². The maximum atomic E-state index is 12.4. The van der Waals surface area contributed by atoms with Crippen LogP contribution < -0.4 is 10.6 Å². The minimum atomic E-state index is -0.809. The molecular formula is C40H44N2O7S. The van der Waals surface area contributed by atoms with Crippen molar-refractivity contribution in [3.63, 3.8) is 0 Å². The predicted octanol–water partition coefficient (Wildman–Crippen LogP) is 7.79. The summed E-state index contributed by atoms with van der Waals surface area (Å²) in [6.07, 6.45) is 2.22. The molecule has 4 aromatic carbocycles. The molecule has 262 valence electrons. The second-order valence-corrected chi connectivity index (χ2v) is 13.5. The average Bonchev–Trinajstić information content (AvgIpc) is 3.13. The van der Waals surface area contributed by atoms with Crippen molar-refractivity contribution in [3.8, 4) is 11.1 Å². The van der Waals surface area contributed by atoms with E-state index in [1.165, 1.54) is 6.92 Å². The Kier molecular flexibility index (Phi) is 13.6. The number of carbonyl (C=O) groups excluding carboxylic acids is 2. The summed E-state index contributed by atoms with van der Waals surface area (Å²) in [6, 6.07) is 31.8. The number of amides is 2. The molecule has 1 saturated heterocycles. The van der Waals surface area contributed by atoms with Gasteiger partial charge in [0.1, 0.15) is 0 Å². The van der Waals surface area contributed by atoms with Crippen LogP contribution in [0.1, 0.15) is 80.1 Å². The minimum absolute atomic E-state index is 0.0198. The number of carboxylic acid groups (broad SMARTS) is 1. The number of benzene rings is 4. The highest BCUT2D eigenvalue weighted by Crippen LogP contribution is 2.40. The van der Waals surface area contributed by atoms with E-state index in [0.29, 0.717) is 44.4 Å². The van der Waals surface area contributed by atoms with Crippen molar-refractivity contribution >= 4 is 35.2 Å². The maximum Gasteiger partial charge on any atom is 0.303 e. The normalized spacial score (nSPS) is 17.2. The first-order valence-electron chi connectivity index (χ1n) is 16.9. The van der Waals surface area contributed by atoms with Gasteiger partial charge in [-0.25, -0.2) is 0 Å². The van der Waals surface area contributed by atoms with Gasteiger partial charge in [0.15, 0.2) is 6.29 Å². The minimum Gasteiger partial charge on any atom is -0.481 e. The summed E-state index contributed by atoms with van der Waals surface area (Å²) >= 11 is 1.69. The number of aliphatic hydroxyl groups excluding tert-OH is 1. The number of aliphatic hydroxyl groups is 1. The molecule has 1 heterocycles. The first-order valence-corrected chi connectivity index (χ1v) is 17.9. The highest BCUT2D eigenvalue weighted by molar-refractivity contribution is 7.99. The predicted molar refractivity (Wildman–Crippen MR) is 194 cm³/mol. The third-order valence-electron chi connectivity index (χ3n) is 8.43. The first kappa shape index (κ1) is 36.8. The standard InChI is InChI=1S/C40H44N2O7S/c1-27(44)42-34-17-19-36(20-18-34)50-26-35-23-37(30-15-13-28(25-43)14-16-30)49-40(48-35)33-10-6-9-32(22-33)31-8-5-7-29(21-31)24-41-38(45)11-3-2-4-12-39(46)47/h5-10,13-22,35,37,40,43H,2-4,11-12,23-26H2,1H3,(H,41,45)(H,42,44)(H,46,47)/t35-,37+,40+/m0/s1. The molecule has 0 bridgehead atoms. The lowest BCUT2D eigenvalue weighted by Crippen LogP contribution is -2.31. The number of hydrogen-bond acceptors (Lipinski definition) is 7. The van der Waals surface area contributed by atoms with Crippen LogP contribution in [0.5, 0.6) is 0 Å². The number of thioether (sulfide) groups is 1. The van der Waals surface area contributed by atoms with Crippen LogP contribution in [0.4, 0.5) is 5.69 Å².